The molecule has 6 heteroatoms. The van der Waals surface area contributed by atoms with Crippen LogP contribution in [0.5, 0.6) is 0 Å². The van der Waals surface area contributed by atoms with Crippen molar-refractivity contribution in [3.63, 3.8) is 0 Å². The Hall–Kier alpha value is -3.90. The van der Waals surface area contributed by atoms with E-state index in [-0.39, 0.29) is 22.1 Å². The molecule has 4 aromatic carbocycles. The highest BCUT2D eigenvalue weighted by molar-refractivity contribution is 7.92. The number of hydrogen-bond acceptors (Lipinski definition) is 3. The van der Waals surface area contributed by atoms with Crippen molar-refractivity contribution >= 4 is 21.6 Å². The van der Waals surface area contributed by atoms with Crippen molar-refractivity contribution in [3.8, 4) is 0 Å². The summed E-state index contributed by atoms with van der Waals surface area (Å²) in [5.41, 5.74) is 4.37. The topological polar surface area (TPSA) is 75.3 Å². The van der Waals surface area contributed by atoms with E-state index in [2.05, 4.69) is 10.0 Å². The first-order valence-corrected chi connectivity index (χ1v) is 12.4. The summed E-state index contributed by atoms with van der Waals surface area (Å²) in [6.07, 6.45) is 0. The van der Waals surface area contributed by atoms with Crippen molar-refractivity contribution in [1.29, 1.82) is 0 Å². The maximum absolute atomic E-state index is 13.5. The van der Waals surface area contributed by atoms with Gasteiger partial charge in [-0.25, -0.2) is 8.42 Å². The van der Waals surface area contributed by atoms with E-state index in [1.807, 2.05) is 68.4 Å². The van der Waals surface area contributed by atoms with E-state index in [1.54, 1.807) is 48.5 Å². The van der Waals surface area contributed by atoms with Crippen LogP contribution < -0.4 is 10.0 Å². The molecule has 0 aliphatic heterocycles. The fourth-order valence-electron chi connectivity index (χ4n) is 3.80. The maximum atomic E-state index is 13.5. The molecule has 0 aliphatic rings. The van der Waals surface area contributed by atoms with Crippen molar-refractivity contribution in [2.75, 3.05) is 4.72 Å². The Kier molecular flexibility index (Phi) is 6.80. The summed E-state index contributed by atoms with van der Waals surface area (Å²) < 4.78 is 28.5. The highest BCUT2D eigenvalue weighted by Gasteiger charge is 2.23. The van der Waals surface area contributed by atoms with Gasteiger partial charge in [0.2, 0.25) is 0 Å². The molecular formula is C28H26N2O3S. The fourth-order valence-corrected chi connectivity index (χ4v) is 4.88. The average Bonchev–Trinajstić information content (AvgIpc) is 2.84. The van der Waals surface area contributed by atoms with Gasteiger partial charge in [0.25, 0.3) is 15.9 Å². The van der Waals surface area contributed by atoms with Crippen LogP contribution in [-0.2, 0) is 10.0 Å². The van der Waals surface area contributed by atoms with Gasteiger partial charge in [-0.15, -0.1) is 0 Å². The molecule has 0 aliphatic carbocycles. The predicted molar refractivity (Wildman–Crippen MR) is 135 cm³/mol. The van der Waals surface area contributed by atoms with Crippen molar-refractivity contribution < 1.29 is 13.2 Å². The average molecular weight is 471 g/mol. The van der Waals surface area contributed by atoms with Crippen molar-refractivity contribution in [2.45, 2.75) is 24.8 Å². The van der Waals surface area contributed by atoms with E-state index >= 15 is 0 Å². The number of aryl methyl sites for hydroxylation is 2. The Morgan fingerprint density at radius 3 is 2.06 bits per heavy atom. The van der Waals surface area contributed by atoms with Crippen molar-refractivity contribution in [1.82, 2.24) is 5.32 Å². The minimum Gasteiger partial charge on any atom is -0.341 e. The molecule has 0 unspecified atom stereocenters. The van der Waals surface area contributed by atoms with Gasteiger partial charge in [-0.3, -0.25) is 9.52 Å². The SMILES string of the molecule is Cc1ccc(S(=O)(=O)Nc2ccccc2C(=O)N[C@H](c2ccccc2)c2ccccc2C)cc1. The molecule has 1 atom stereocenters. The summed E-state index contributed by atoms with van der Waals surface area (Å²) in [5.74, 6) is -0.376. The molecule has 4 rings (SSSR count). The largest absolute Gasteiger partial charge is 0.341 e. The molecule has 4 aromatic rings. The number of para-hydroxylation sites is 1. The number of carbonyl (C=O) groups is 1. The Labute approximate surface area is 200 Å². The van der Waals surface area contributed by atoms with Gasteiger partial charge in [-0.05, 0) is 54.8 Å². The molecule has 0 heterocycles. The van der Waals surface area contributed by atoms with E-state index in [0.29, 0.717) is 0 Å². The molecule has 0 radical (unpaired) electrons. The number of carbonyl (C=O) groups excluding carboxylic acids is 1. The van der Waals surface area contributed by atoms with Gasteiger partial charge in [0.05, 0.1) is 22.2 Å². The van der Waals surface area contributed by atoms with E-state index in [9.17, 15) is 13.2 Å². The zero-order valence-electron chi connectivity index (χ0n) is 19.0. The third-order valence-electron chi connectivity index (χ3n) is 5.66. The van der Waals surface area contributed by atoms with Crippen LogP contribution >= 0.6 is 0 Å². The van der Waals surface area contributed by atoms with E-state index in [0.717, 1.165) is 22.3 Å². The molecule has 0 aromatic heterocycles. The Balaban J connectivity index is 1.66. The van der Waals surface area contributed by atoms with Crippen LogP contribution in [0.25, 0.3) is 0 Å². The van der Waals surface area contributed by atoms with Gasteiger partial charge in [-0.1, -0.05) is 84.4 Å². The normalized spacial score (nSPS) is 12.1. The monoisotopic (exact) mass is 470 g/mol. The highest BCUT2D eigenvalue weighted by atomic mass is 32.2. The highest BCUT2D eigenvalue weighted by Crippen LogP contribution is 2.27. The van der Waals surface area contributed by atoms with Crippen LogP contribution in [0.2, 0.25) is 0 Å². The molecule has 1 amide bonds. The van der Waals surface area contributed by atoms with Crippen LogP contribution in [0.15, 0.2) is 108 Å². The predicted octanol–water partition coefficient (Wildman–Crippen LogP) is 5.62. The van der Waals surface area contributed by atoms with Gasteiger partial charge in [-0.2, -0.15) is 0 Å². The van der Waals surface area contributed by atoms with Crippen LogP contribution in [0, 0.1) is 13.8 Å². The minimum atomic E-state index is -3.86. The summed E-state index contributed by atoms with van der Waals surface area (Å²) in [6, 6.07) is 30.4. The standard InChI is InChI=1S/C28H26N2O3S/c1-20-16-18-23(19-17-20)34(32,33)30-26-15-9-8-14-25(26)28(31)29-27(22-11-4-3-5-12-22)24-13-7-6-10-21(24)2/h3-19,27,30H,1-2H3,(H,29,31)/t27-/m1/s1. The molecule has 2 N–H and O–H groups in total. The summed E-state index contributed by atoms with van der Waals surface area (Å²) >= 11 is 0. The third kappa shape index (κ3) is 5.18. The first-order chi connectivity index (χ1) is 16.3. The number of benzene rings is 4. The van der Waals surface area contributed by atoms with Crippen LogP contribution in [0.1, 0.15) is 38.7 Å². The first kappa shape index (κ1) is 23.3. The Morgan fingerprint density at radius 2 is 1.35 bits per heavy atom. The van der Waals surface area contributed by atoms with Crippen molar-refractivity contribution in [2.24, 2.45) is 0 Å². The minimum absolute atomic E-state index is 0.135. The number of hydrogen-bond donors (Lipinski definition) is 2. The Morgan fingerprint density at radius 1 is 0.735 bits per heavy atom. The maximum Gasteiger partial charge on any atom is 0.261 e. The lowest BCUT2D eigenvalue weighted by Crippen LogP contribution is -2.30. The second kappa shape index (κ2) is 9.93. The zero-order chi connectivity index (χ0) is 24.1. The number of amides is 1. The molecule has 34 heavy (non-hydrogen) atoms. The smallest absolute Gasteiger partial charge is 0.261 e. The number of rotatable bonds is 7. The number of anilines is 1. The molecule has 5 nitrogen and oxygen atoms in total. The summed E-state index contributed by atoms with van der Waals surface area (Å²) in [7, 11) is -3.86. The zero-order valence-corrected chi connectivity index (χ0v) is 19.8. The molecule has 0 spiro atoms. The number of sulfonamides is 1. The molecule has 0 bridgehead atoms. The quantitative estimate of drug-likeness (QED) is 0.368. The van der Waals surface area contributed by atoms with Crippen LogP contribution in [0.3, 0.4) is 0 Å². The van der Waals surface area contributed by atoms with E-state index in [1.165, 1.54) is 0 Å². The van der Waals surface area contributed by atoms with Gasteiger partial charge >= 0.3 is 0 Å². The van der Waals surface area contributed by atoms with E-state index in [4.69, 9.17) is 0 Å². The Bertz CT molecular complexity index is 1400. The lowest BCUT2D eigenvalue weighted by atomic mass is 9.94. The molecule has 0 saturated heterocycles. The molecule has 0 saturated carbocycles. The fraction of sp³-hybridized carbons (Fsp3) is 0.107. The van der Waals surface area contributed by atoms with Crippen LogP contribution in [0.4, 0.5) is 5.69 Å². The van der Waals surface area contributed by atoms with Gasteiger partial charge in [0, 0.05) is 0 Å². The molecular weight excluding hydrogens is 444 g/mol. The summed E-state index contributed by atoms with van der Waals surface area (Å²) in [5, 5.41) is 3.11. The second-order valence-corrected chi connectivity index (χ2v) is 9.82. The third-order valence-corrected chi connectivity index (χ3v) is 7.04. The lowest BCUT2D eigenvalue weighted by molar-refractivity contribution is 0.0944. The molecule has 0 fully saturated rings. The van der Waals surface area contributed by atoms with E-state index < -0.39 is 16.1 Å². The molecule has 172 valence electrons. The second-order valence-electron chi connectivity index (χ2n) is 8.14. The lowest BCUT2D eigenvalue weighted by Gasteiger charge is -2.22. The first-order valence-electron chi connectivity index (χ1n) is 10.9. The van der Waals surface area contributed by atoms with Gasteiger partial charge in [0.15, 0.2) is 0 Å². The summed E-state index contributed by atoms with van der Waals surface area (Å²) in [6.45, 7) is 3.89. The van der Waals surface area contributed by atoms with Gasteiger partial charge in [0.1, 0.15) is 0 Å². The van der Waals surface area contributed by atoms with Crippen molar-refractivity contribution in [3.05, 3.63) is 131 Å². The van der Waals surface area contributed by atoms with Gasteiger partial charge < -0.3 is 5.32 Å². The number of nitrogens with one attached hydrogen (secondary N) is 2. The summed E-state index contributed by atoms with van der Waals surface area (Å²) in [4.78, 5) is 13.6. The van der Waals surface area contributed by atoms with Crippen LogP contribution in [-0.4, -0.2) is 14.3 Å².